The molecule has 3 fully saturated rings. The van der Waals surface area contributed by atoms with E-state index in [0.717, 1.165) is 17.0 Å². The van der Waals surface area contributed by atoms with Gasteiger partial charge in [0.05, 0.1) is 28.2 Å². The molecule has 35 heavy (non-hydrogen) atoms. The van der Waals surface area contributed by atoms with E-state index in [-0.39, 0.29) is 50.5 Å². The van der Waals surface area contributed by atoms with Gasteiger partial charge in [0.15, 0.2) is 0 Å². The summed E-state index contributed by atoms with van der Waals surface area (Å²) >= 11 is 18.5. The first-order chi connectivity index (χ1) is 16.5. The quantitative estimate of drug-likeness (QED) is 0.516. The summed E-state index contributed by atoms with van der Waals surface area (Å²) in [7, 11) is 0. The fourth-order valence-corrected chi connectivity index (χ4v) is 6.90. The highest BCUT2D eigenvalue weighted by Gasteiger charge is 2.75. The van der Waals surface area contributed by atoms with E-state index in [4.69, 9.17) is 34.8 Å². The number of hydrogen-bond acceptors (Lipinski definition) is 4. The number of anilines is 2. The van der Waals surface area contributed by atoms with Gasteiger partial charge in [0.2, 0.25) is 11.8 Å². The molecule has 12 heteroatoms. The van der Waals surface area contributed by atoms with E-state index in [2.05, 4.69) is 5.32 Å². The summed E-state index contributed by atoms with van der Waals surface area (Å²) in [5.74, 6) is -5.34. The second-order valence-corrected chi connectivity index (χ2v) is 10.2. The summed E-state index contributed by atoms with van der Waals surface area (Å²) in [6.07, 6.45) is -2.11. The number of nitrogens with one attached hydrogen (secondary N) is 1. The van der Waals surface area contributed by atoms with Crippen molar-refractivity contribution < 1.29 is 27.6 Å². The van der Waals surface area contributed by atoms with Gasteiger partial charge in [0.25, 0.3) is 12.0 Å². The number of halogens is 6. The number of carbonyl (C=O) groups excluding carboxylic acids is 3. The smallest absolute Gasteiger partial charge is 0.270 e. The van der Waals surface area contributed by atoms with Crippen molar-refractivity contribution >= 4 is 63.9 Å². The van der Waals surface area contributed by atoms with E-state index >= 15 is 0 Å². The first kappa shape index (κ1) is 22.8. The highest BCUT2D eigenvalue weighted by Crippen LogP contribution is 2.62. The van der Waals surface area contributed by atoms with Crippen molar-refractivity contribution in [3.63, 3.8) is 0 Å². The second kappa shape index (κ2) is 7.46. The molecule has 6 rings (SSSR count). The van der Waals surface area contributed by atoms with Gasteiger partial charge in [0.1, 0.15) is 11.4 Å². The van der Waals surface area contributed by atoms with E-state index < -0.39 is 53.0 Å². The Morgan fingerprint density at radius 2 is 1.71 bits per heavy atom. The lowest BCUT2D eigenvalue weighted by Crippen LogP contribution is -2.54. The zero-order chi connectivity index (χ0) is 25.0. The standard InChI is InChI=1S/C23H13Cl3F3N3O3/c24-9-2-11(27)6-12(3-9)32-20(33)16-15-1-8(19(28)29)7-31(15)23(17(16)21(32)34)13-4-10(25)5-14(26)18(13)30-22(23)35/h2-6,15-17H,1,7H2,(H,30,35). The molecule has 6 nitrogen and oxygen atoms in total. The van der Waals surface area contributed by atoms with E-state index in [1.807, 2.05) is 0 Å². The van der Waals surface area contributed by atoms with Crippen molar-refractivity contribution in [3.8, 4) is 0 Å². The predicted octanol–water partition coefficient (Wildman–Crippen LogP) is 4.98. The number of nitrogens with zero attached hydrogens (tertiary/aromatic N) is 2. The molecule has 0 saturated carbocycles. The van der Waals surface area contributed by atoms with E-state index in [1.165, 1.54) is 23.1 Å². The number of carbonyl (C=O) groups is 3. The van der Waals surface area contributed by atoms with Crippen molar-refractivity contribution in [2.75, 3.05) is 16.8 Å². The minimum absolute atomic E-state index is 0.0397. The van der Waals surface area contributed by atoms with Crippen molar-refractivity contribution in [3.05, 3.63) is 68.4 Å². The molecule has 2 aromatic rings. The van der Waals surface area contributed by atoms with Gasteiger partial charge in [-0.3, -0.25) is 19.3 Å². The van der Waals surface area contributed by atoms with E-state index in [0.29, 0.717) is 0 Å². The maximum absolute atomic E-state index is 14.1. The molecular formula is C23H13Cl3F3N3O3. The van der Waals surface area contributed by atoms with Crippen LogP contribution in [0.1, 0.15) is 12.0 Å². The molecular weight excluding hydrogens is 530 g/mol. The van der Waals surface area contributed by atoms with Crippen LogP contribution in [0.4, 0.5) is 24.5 Å². The van der Waals surface area contributed by atoms with Gasteiger partial charge in [-0.25, -0.2) is 9.29 Å². The number of fused-ring (bicyclic) bond motifs is 7. The van der Waals surface area contributed by atoms with Crippen LogP contribution in [-0.2, 0) is 19.9 Å². The zero-order valence-corrected chi connectivity index (χ0v) is 19.7. The molecule has 0 bridgehead atoms. The maximum atomic E-state index is 14.1. The zero-order valence-electron chi connectivity index (χ0n) is 17.4. The van der Waals surface area contributed by atoms with Gasteiger partial charge in [0, 0.05) is 33.8 Å². The summed E-state index contributed by atoms with van der Waals surface area (Å²) in [6.45, 7) is -0.316. The van der Waals surface area contributed by atoms with Crippen molar-refractivity contribution in [1.29, 1.82) is 0 Å². The Hall–Kier alpha value is -2.59. The van der Waals surface area contributed by atoms with Crippen LogP contribution in [0.2, 0.25) is 15.1 Å². The molecule has 4 atom stereocenters. The summed E-state index contributed by atoms with van der Waals surface area (Å²) in [5, 5.41) is 2.90. The molecule has 3 amide bonds. The molecule has 0 aliphatic carbocycles. The monoisotopic (exact) mass is 541 g/mol. The van der Waals surface area contributed by atoms with E-state index in [1.54, 1.807) is 0 Å². The van der Waals surface area contributed by atoms with Crippen LogP contribution in [-0.4, -0.2) is 35.2 Å². The summed E-state index contributed by atoms with van der Waals surface area (Å²) in [6, 6.07) is 5.23. The highest BCUT2D eigenvalue weighted by molar-refractivity contribution is 6.38. The fraction of sp³-hybridized carbons (Fsp3) is 0.261. The van der Waals surface area contributed by atoms with Crippen LogP contribution in [0, 0.1) is 17.7 Å². The SMILES string of the molecule is O=C1C2C3CC(=C(F)F)CN3C3(C(=O)Nc4c(Cl)cc(Cl)cc43)C2C(=O)N1c1cc(F)cc(Cl)c1. The summed E-state index contributed by atoms with van der Waals surface area (Å²) in [5.41, 5.74) is -1.71. The van der Waals surface area contributed by atoms with Crippen molar-refractivity contribution in [1.82, 2.24) is 4.90 Å². The number of hydrogen-bond donors (Lipinski definition) is 1. The van der Waals surface area contributed by atoms with Gasteiger partial charge < -0.3 is 5.32 Å². The van der Waals surface area contributed by atoms with Crippen LogP contribution >= 0.6 is 34.8 Å². The Balaban J connectivity index is 1.60. The first-order valence-corrected chi connectivity index (χ1v) is 11.6. The molecule has 1 N–H and O–H groups in total. The lowest BCUT2D eigenvalue weighted by atomic mass is 9.75. The van der Waals surface area contributed by atoms with Gasteiger partial charge in [-0.2, -0.15) is 8.78 Å². The van der Waals surface area contributed by atoms with Crippen LogP contribution in [0.25, 0.3) is 0 Å². The molecule has 1 spiro atoms. The average molecular weight is 543 g/mol. The summed E-state index contributed by atoms with van der Waals surface area (Å²) < 4.78 is 41.5. The maximum Gasteiger partial charge on any atom is 0.270 e. The third-order valence-corrected chi connectivity index (χ3v) is 8.04. The van der Waals surface area contributed by atoms with Crippen LogP contribution in [0.3, 0.4) is 0 Å². The molecule has 4 aliphatic rings. The molecule has 180 valence electrons. The van der Waals surface area contributed by atoms with E-state index in [9.17, 15) is 27.6 Å². The average Bonchev–Trinajstić information content (AvgIpc) is 3.44. The number of rotatable bonds is 1. The van der Waals surface area contributed by atoms with Gasteiger partial charge in [-0.1, -0.05) is 34.8 Å². The Morgan fingerprint density at radius 1 is 1.00 bits per heavy atom. The minimum atomic E-state index is -1.90. The lowest BCUT2D eigenvalue weighted by molar-refractivity contribution is -0.135. The Labute approximate surface area is 211 Å². The van der Waals surface area contributed by atoms with Crippen LogP contribution in [0.5, 0.6) is 0 Å². The Morgan fingerprint density at radius 3 is 2.40 bits per heavy atom. The minimum Gasteiger partial charge on any atom is -0.323 e. The molecule has 0 radical (unpaired) electrons. The van der Waals surface area contributed by atoms with Crippen LogP contribution in [0.15, 0.2) is 42.0 Å². The molecule has 3 saturated heterocycles. The Kier molecular flexibility index (Phi) is 4.87. The topological polar surface area (TPSA) is 69.7 Å². The Bertz CT molecular complexity index is 1390. The van der Waals surface area contributed by atoms with Crippen molar-refractivity contribution in [2.24, 2.45) is 11.8 Å². The number of benzene rings is 2. The third kappa shape index (κ3) is 2.86. The third-order valence-electron chi connectivity index (χ3n) is 7.31. The fourth-order valence-electron chi connectivity index (χ4n) is 6.14. The normalized spacial score (nSPS) is 29.2. The van der Waals surface area contributed by atoms with Crippen LogP contribution < -0.4 is 10.2 Å². The molecule has 4 unspecified atom stereocenters. The molecule has 2 aromatic carbocycles. The van der Waals surface area contributed by atoms with Crippen molar-refractivity contribution in [2.45, 2.75) is 18.0 Å². The van der Waals surface area contributed by atoms with Gasteiger partial charge in [-0.15, -0.1) is 0 Å². The molecule has 4 heterocycles. The number of imide groups is 1. The lowest BCUT2D eigenvalue weighted by Gasteiger charge is -2.36. The van der Waals surface area contributed by atoms with Gasteiger partial charge in [-0.05, 0) is 36.8 Å². The number of amides is 3. The molecule has 4 aliphatic heterocycles. The largest absolute Gasteiger partial charge is 0.323 e. The summed E-state index contributed by atoms with van der Waals surface area (Å²) in [4.78, 5) is 43.4. The second-order valence-electron chi connectivity index (χ2n) is 8.94. The predicted molar refractivity (Wildman–Crippen MR) is 122 cm³/mol. The van der Waals surface area contributed by atoms with Gasteiger partial charge >= 0.3 is 0 Å². The highest BCUT2D eigenvalue weighted by atomic mass is 35.5. The molecule has 0 aromatic heterocycles. The first-order valence-electron chi connectivity index (χ1n) is 10.5.